The summed E-state index contributed by atoms with van der Waals surface area (Å²) in [5.74, 6) is -2.31. The molecule has 4 nitrogen and oxygen atoms in total. The first kappa shape index (κ1) is 14.9. The van der Waals surface area contributed by atoms with Gasteiger partial charge in [-0.2, -0.15) is 0 Å². The number of carbonyl (C=O) groups is 2. The Morgan fingerprint density at radius 1 is 1.14 bits per heavy atom. The molecule has 2 aliphatic rings. The van der Waals surface area contributed by atoms with E-state index >= 15 is 0 Å². The van der Waals surface area contributed by atoms with Crippen LogP contribution in [0.2, 0.25) is 0 Å². The van der Waals surface area contributed by atoms with Gasteiger partial charge in [-0.25, -0.2) is 8.78 Å². The quantitative estimate of drug-likeness (QED) is 0.933. The molecule has 1 aliphatic heterocycles. The number of likely N-dealkylation sites (tertiary alicyclic amines) is 1. The summed E-state index contributed by atoms with van der Waals surface area (Å²) in [7, 11) is 0. The van der Waals surface area contributed by atoms with Crippen LogP contribution >= 0.6 is 0 Å². The molecular formula is C16H18F2N2O2. The van der Waals surface area contributed by atoms with E-state index in [0.29, 0.717) is 6.54 Å². The average molecular weight is 308 g/mol. The lowest BCUT2D eigenvalue weighted by atomic mass is 10.1. The lowest BCUT2D eigenvalue weighted by Gasteiger charge is -2.23. The van der Waals surface area contributed by atoms with E-state index in [1.807, 2.05) is 0 Å². The second-order valence-corrected chi connectivity index (χ2v) is 6.03. The zero-order valence-electron chi connectivity index (χ0n) is 12.1. The molecule has 2 amide bonds. The monoisotopic (exact) mass is 308 g/mol. The molecule has 0 aromatic heterocycles. The first-order chi connectivity index (χ1) is 10.5. The summed E-state index contributed by atoms with van der Waals surface area (Å²) in [6, 6.07) is 3.12. The SMILES string of the molecule is O=C(Nc1cc(F)cc(F)c1)[C@@H]1CC(=O)N(C2CCCC2)C1. The number of rotatable bonds is 3. The normalized spacial score (nSPS) is 22.4. The highest BCUT2D eigenvalue weighted by Crippen LogP contribution is 2.30. The first-order valence-corrected chi connectivity index (χ1v) is 7.59. The van der Waals surface area contributed by atoms with Gasteiger partial charge in [-0.15, -0.1) is 0 Å². The van der Waals surface area contributed by atoms with Gasteiger partial charge in [-0.1, -0.05) is 12.8 Å². The van der Waals surface area contributed by atoms with Gasteiger partial charge in [-0.05, 0) is 25.0 Å². The Hall–Kier alpha value is -1.98. The van der Waals surface area contributed by atoms with Crippen LogP contribution in [0.1, 0.15) is 32.1 Å². The molecule has 1 aliphatic carbocycles. The van der Waals surface area contributed by atoms with Crippen LogP contribution in [-0.4, -0.2) is 29.3 Å². The molecule has 2 fully saturated rings. The number of carbonyl (C=O) groups excluding carboxylic acids is 2. The topological polar surface area (TPSA) is 49.4 Å². The maximum absolute atomic E-state index is 13.1. The average Bonchev–Trinajstić information content (AvgIpc) is 3.06. The Morgan fingerprint density at radius 3 is 2.41 bits per heavy atom. The summed E-state index contributed by atoms with van der Waals surface area (Å²) in [5.41, 5.74) is 0.0780. The van der Waals surface area contributed by atoms with Crippen molar-refractivity contribution in [2.45, 2.75) is 38.1 Å². The minimum absolute atomic E-state index is 0.00234. The molecule has 0 unspecified atom stereocenters. The Kier molecular flexibility index (Phi) is 4.09. The van der Waals surface area contributed by atoms with Crippen molar-refractivity contribution in [1.29, 1.82) is 0 Å². The second kappa shape index (κ2) is 6.02. The van der Waals surface area contributed by atoms with Crippen molar-refractivity contribution in [3.8, 4) is 0 Å². The van der Waals surface area contributed by atoms with Crippen molar-refractivity contribution in [3.63, 3.8) is 0 Å². The number of anilines is 1. The fourth-order valence-electron chi connectivity index (χ4n) is 3.35. The van der Waals surface area contributed by atoms with Crippen LogP contribution in [0.15, 0.2) is 18.2 Å². The van der Waals surface area contributed by atoms with Gasteiger partial charge < -0.3 is 10.2 Å². The molecule has 1 saturated heterocycles. The van der Waals surface area contributed by atoms with Gasteiger partial charge in [0.05, 0.1) is 5.92 Å². The van der Waals surface area contributed by atoms with Gasteiger partial charge in [0.15, 0.2) is 0 Å². The highest BCUT2D eigenvalue weighted by atomic mass is 19.1. The van der Waals surface area contributed by atoms with Crippen molar-refractivity contribution in [3.05, 3.63) is 29.8 Å². The highest BCUT2D eigenvalue weighted by Gasteiger charge is 2.38. The molecule has 0 bridgehead atoms. The van der Waals surface area contributed by atoms with Crippen molar-refractivity contribution in [2.75, 3.05) is 11.9 Å². The molecule has 1 heterocycles. The fourth-order valence-corrected chi connectivity index (χ4v) is 3.35. The van der Waals surface area contributed by atoms with Crippen LogP contribution < -0.4 is 5.32 Å². The summed E-state index contributed by atoms with van der Waals surface area (Å²) >= 11 is 0. The number of amides is 2. The van der Waals surface area contributed by atoms with Crippen LogP contribution in [0.5, 0.6) is 0 Å². The van der Waals surface area contributed by atoms with Crippen LogP contribution in [0.3, 0.4) is 0 Å². The summed E-state index contributed by atoms with van der Waals surface area (Å²) in [6.07, 6.45) is 4.40. The van der Waals surface area contributed by atoms with E-state index in [1.54, 1.807) is 4.90 Å². The molecule has 0 radical (unpaired) electrons. The van der Waals surface area contributed by atoms with Crippen molar-refractivity contribution in [2.24, 2.45) is 5.92 Å². The first-order valence-electron chi connectivity index (χ1n) is 7.59. The minimum atomic E-state index is -0.745. The van der Waals surface area contributed by atoms with E-state index in [-0.39, 0.29) is 30.0 Å². The van der Waals surface area contributed by atoms with Crippen molar-refractivity contribution in [1.82, 2.24) is 4.90 Å². The molecule has 118 valence electrons. The number of nitrogens with zero attached hydrogens (tertiary/aromatic N) is 1. The summed E-state index contributed by atoms with van der Waals surface area (Å²) < 4.78 is 26.3. The standard InChI is InChI=1S/C16H18F2N2O2/c17-11-6-12(18)8-13(7-11)19-16(22)10-5-15(21)20(9-10)14-3-1-2-4-14/h6-8,10,14H,1-5,9H2,(H,19,22)/t10-/m1/s1. The van der Waals surface area contributed by atoms with Gasteiger partial charge in [0.1, 0.15) is 11.6 Å². The van der Waals surface area contributed by atoms with Crippen molar-refractivity contribution < 1.29 is 18.4 Å². The molecule has 1 aromatic rings. The Balaban J connectivity index is 1.64. The van der Waals surface area contributed by atoms with Gasteiger partial charge in [0, 0.05) is 30.8 Å². The lowest BCUT2D eigenvalue weighted by Crippen LogP contribution is -2.35. The molecule has 6 heteroatoms. The minimum Gasteiger partial charge on any atom is -0.339 e. The molecule has 1 atom stereocenters. The maximum Gasteiger partial charge on any atom is 0.229 e. The summed E-state index contributed by atoms with van der Waals surface area (Å²) in [4.78, 5) is 26.1. The number of hydrogen-bond donors (Lipinski definition) is 1. The zero-order valence-corrected chi connectivity index (χ0v) is 12.1. The van der Waals surface area contributed by atoms with Gasteiger partial charge in [0.25, 0.3) is 0 Å². The molecule has 0 spiro atoms. The number of nitrogens with one attached hydrogen (secondary N) is 1. The van der Waals surface area contributed by atoms with Crippen LogP contribution in [-0.2, 0) is 9.59 Å². The van der Waals surface area contributed by atoms with Crippen LogP contribution in [0, 0.1) is 17.6 Å². The lowest BCUT2D eigenvalue weighted by molar-refractivity contribution is -0.129. The molecule has 1 saturated carbocycles. The smallest absolute Gasteiger partial charge is 0.229 e. The Labute approximate surface area is 127 Å². The van der Waals surface area contributed by atoms with Crippen LogP contribution in [0.25, 0.3) is 0 Å². The molecule has 1 N–H and O–H groups in total. The van der Waals surface area contributed by atoms with Gasteiger partial charge in [0.2, 0.25) is 11.8 Å². The third-order valence-electron chi connectivity index (χ3n) is 4.42. The highest BCUT2D eigenvalue weighted by molar-refractivity contribution is 5.97. The Bertz CT molecular complexity index is 580. The maximum atomic E-state index is 13.1. The predicted molar refractivity (Wildman–Crippen MR) is 77.1 cm³/mol. The second-order valence-electron chi connectivity index (χ2n) is 6.03. The third-order valence-corrected chi connectivity index (χ3v) is 4.42. The molecule has 1 aromatic carbocycles. The van der Waals surface area contributed by atoms with E-state index in [9.17, 15) is 18.4 Å². The van der Waals surface area contributed by atoms with Gasteiger partial charge >= 0.3 is 0 Å². The van der Waals surface area contributed by atoms with E-state index in [0.717, 1.165) is 43.9 Å². The number of hydrogen-bond acceptors (Lipinski definition) is 2. The van der Waals surface area contributed by atoms with Crippen molar-refractivity contribution >= 4 is 17.5 Å². The fraction of sp³-hybridized carbons (Fsp3) is 0.500. The largest absolute Gasteiger partial charge is 0.339 e. The Morgan fingerprint density at radius 2 is 1.77 bits per heavy atom. The van der Waals surface area contributed by atoms with E-state index in [1.165, 1.54) is 0 Å². The van der Waals surface area contributed by atoms with E-state index < -0.39 is 17.6 Å². The summed E-state index contributed by atoms with van der Waals surface area (Å²) in [5, 5.41) is 2.50. The summed E-state index contributed by atoms with van der Waals surface area (Å²) in [6.45, 7) is 0.396. The van der Waals surface area contributed by atoms with Gasteiger partial charge in [-0.3, -0.25) is 9.59 Å². The van der Waals surface area contributed by atoms with E-state index in [2.05, 4.69) is 5.32 Å². The molecule has 3 rings (SSSR count). The molecular weight excluding hydrogens is 290 g/mol. The number of benzene rings is 1. The number of halogens is 2. The van der Waals surface area contributed by atoms with E-state index in [4.69, 9.17) is 0 Å². The predicted octanol–water partition coefficient (Wildman–Crippen LogP) is 2.69. The van der Waals surface area contributed by atoms with Crippen LogP contribution in [0.4, 0.5) is 14.5 Å². The molecule has 22 heavy (non-hydrogen) atoms. The zero-order chi connectivity index (χ0) is 15.7. The third kappa shape index (κ3) is 3.10.